The van der Waals surface area contributed by atoms with Crippen LogP contribution in [-0.2, 0) is 11.8 Å². The second kappa shape index (κ2) is 4.67. The third-order valence-electron chi connectivity index (χ3n) is 2.86. The quantitative estimate of drug-likeness (QED) is 0.872. The molecule has 0 saturated carbocycles. The lowest BCUT2D eigenvalue weighted by atomic mass is 9.85. The minimum Gasteiger partial charge on any atom is -0.424 e. The molecule has 2 aromatic rings. The zero-order valence-electron chi connectivity index (χ0n) is 10.2. The van der Waals surface area contributed by atoms with E-state index in [1.165, 1.54) is 0 Å². The molecular formula is C13H17N3O. The molecule has 0 aliphatic heterocycles. The molecule has 0 unspecified atom stereocenters. The van der Waals surface area contributed by atoms with E-state index < -0.39 is 0 Å². The van der Waals surface area contributed by atoms with E-state index in [1.807, 2.05) is 18.2 Å². The van der Waals surface area contributed by atoms with Crippen molar-refractivity contribution in [3.63, 3.8) is 0 Å². The third-order valence-corrected chi connectivity index (χ3v) is 2.86. The summed E-state index contributed by atoms with van der Waals surface area (Å²) < 4.78 is 5.64. The molecule has 90 valence electrons. The summed E-state index contributed by atoms with van der Waals surface area (Å²) in [6, 6.07) is 10.1. The zero-order valence-corrected chi connectivity index (χ0v) is 10.2. The van der Waals surface area contributed by atoms with Gasteiger partial charge < -0.3 is 10.2 Å². The van der Waals surface area contributed by atoms with Crippen molar-refractivity contribution < 1.29 is 4.42 Å². The second-order valence-corrected chi connectivity index (χ2v) is 4.53. The van der Waals surface area contributed by atoms with Crippen LogP contribution in [0.2, 0.25) is 0 Å². The smallest absolute Gasteiger partial charge is 0.226 e. The summed E-state index contributed by atoms with van der Waals surface area (Å²) in [5, 5.41) is 8.11. The first-order valence-corrected chi connectivity index (χ1v) is 5.73. The lowest BCUT2D eigenvalue weighted by Crippen LogP contribution is -2.19. The predicted molar refractivity (Wildman–Crippen MR) is 65.6 cm³/mol. The molecule has 0 saturated heterocycles. The van der Waals surface area contributed by atoms with Gasteiger partial charge in [-0.3, -0.25) is 0 Å². The molecule has 0 aliphatic carbocycles. The Hall–Kier alpha value is -1.68. The van der Waals surface area contributed by atoms with Crippen molar-refractivity contribution in [3.8, 4) is 0 Å². The van der Waals surface area contributed by atoms with Crippen LogP contribution in [0.4, 0.5) is 0 Å². The summed E-state index contributed by atoms with van der Waals surface area (Å²) in [6.45, 7) is 4.66. The summed E-state index contributed by atoms with van der Waals surface area (Å²) in [7, 11) is 0. The van der Waals surface area contributed by atoms with Crippen LogP contribution < -0.4 is 5.73 Å². The molecule has 0 amide bonds. The maximum atomic E-state index is 5.64. The lowest BCUT2D eigenvalue weighted by molar-refractivity contribution is 0.388. The fraction of sp³-hybridized carbons (Fsp3) is 0.385. The van der Waals surface area contributed by atoms with E-state index in [9.17, 15) is 0 Å². The average molecular weight is 231 g/mol. The molecule has 0 radical (unpaired) electrons. The van der Waals surface area contributed by atoms with Crippen LogP contribution in [0.5, 0.6) is 0 Å². The van der Waals surface area contributed by atoms with Crippen molar-refractivity contribution in [2.45, 2.75) is 25.7 Å². The number of benzene rings is 1. The first kappa shape index (κ1) is 11.8. The average Bonchev–Trinajstić information content (AvgIpc) is 2.80. The first-order chi connectivity index (χ1) is 8.14. The predicted octanol–water partition coefficient (Wildman–Crippen LogP) is 1.90. The van der Waals surface area contributed by atoms with Gasteiger partial charge in [0.2, 0.25) is 11.8 Å². The van der Waals surface area contributed by atoms with Crippen LogP contribution in [0.3, 0.4) is 0 Å². The molecule has 2 N–H and O–H groups in total. The minimum atomic E-state index is -0.277. The Labute approximate surface area is 101 Å². The van der Waals surface area contributed by atoms with E-state index >= 15 is 0 Å². The van der Waals surface area contributed by atoms with Gasteiger partial charge in [0.15, 0.2) is 0 Å². The normalized spacial score (nSPS) is 11.7. The van der Waals surface area contributed by atoms with Crippen LogP contribution in [0, 0.1) is 0 Å². The highest BCUT2D eigenvalue weighted by molar-refractivity contribution is 5.29. The highest BCUT2D eigenvalue weighted by Gasteiger charge is 2.29. The fourth-order valence-electron chi connectivity index (χ4n) is 1.71. The van der Waals surface area contributed by atoms with Gasteiger partial charge >= 0.3 is 0 Å². The van der Waals surface area contributed by atoms with Gasteiger partial charge in [-0.05, 0) is 19.4 Å². The van der Waals surface area contributed by atoms with Gasteiger partial charge in [-0.25, -0.2) is 0 Å². The van der Waals surface area contributed by atoms with E-state index in [1.54, 1.807) is 0 Å². The molecule has 0 spiro atoms. The fourth-order valence-corrected chi connectivity index (χ4v) is 1.71. The molecule has 0 aliphatic rings. The van der Waals surface area contributed by atoms with Gasteiger partial charge in [0, 0.05) is 13.0 Å². The largest absolute Gasteiger partial charge is 0.424 e. The Balaban J connectivity index is 2.31. The van der Waals surface area contributed by atoms with Gasteiger partial charge in [0.1, 0.15) is 0 Å². The lowest BCUT2D eigenvalue weighted by Gasteiger charge is -2.20. The standard InChI is InChI=1S/C13H17N3O/c1-13(2,10-6-4-3-5-7-10)12-16-15-11(17-12)8-9-14/h3-7H,8-9,14H2,1-2H3. The van der Waals surface area contributed by atoms with Crippen LogP contribution in [0.15, 0.2) is 34.7 Å². The molecule has 1 aromatic heterocycles. The summed E-state index contributed by atoms with van der Waals surface area (Å²) in [4.78, 5) is 0. The maximum absolute atomic E-state index is 5.64. The van der Waals surface area contributed by atoms with E-state index in [0.717, 1.165) is 5.56 Å². The zero-order chi connectivity index (χ0) is 12.3. The Bertz CT molecular complexity index is 476. The van der Waals surface area contributed by atoms with E-state index in [4.69, 9.17) is 10.2 Å². The number of nitrogens with zero attached hydrogens (tertiary/aromatic N) is 2. The molecule has 2 rings (SSSR count). The number of hydrogen-bond donors (Lipinski definition) is 1. The van der Waals surface area contributed by atoms with Gasteiger partial charge in [0.25, 0.3) is 0 Å². The Morgan fingerprint density at radius 1 is 1.18 bits per heavy atom. The van der Waals surface area contributed by atoms with E-state index in [2.05, 4.69) is 36.2 Å². The minimum absolute atomic E-state index is 0.277. The van der Waals surface area contributed by atoms with Gasteiger partial charge in [-0.15, -0.1) is 10.2 Å². The van der Waals surface area contributed by atoms with Gasteiger partial charge in [-0.2, -0.15) is 0 Å². The summed E-state index contributed by atoms with van der Waals surface area (Å²) >= 11 is 0. The topological polar surface area (TPSA) is 64.9 Å². The summed E-state index contributed by atoms with van der Waals surface area (Å²) in [6.07, 6.45) is 0.623. The van der Waals surface area contributed by atoms with Crippen molar-refractivity contribution in [1.82, 2.24) is 10.2 Å². The Morgan fingerprint density at radius 3 is 2.53 bits per heavy atom. The van der Waals surface area contributed by atoms with Crippen molar-refractivity contribution in [1.29, 1.82) is 0 Å². The van der Waals surface area contributed by atoms with Crippen LogP contribution in [0.1, 0.15) is 31.2 Å². The molecule has 0 atom stereocenters. The molecule has 0 bridgehead atoms. The molecule has 0 fully saturated rings. The Morgan fingerprint density at radius 2 is 1.88 bits per heavy atom. The van der Waals surface area contributed by atoms with Gasteiger partial charge in [0.05, 0.1) is 5.41 Å². The number of aromatic nitrogens is 2. The molecule has 1 heterocycles. The molecular weight excluding hydrogens is 214 g/mol. The Kier molecular flexibility index (Phi) is 3.24. The number of hydrogen-bond acceptors (Lipinski definition) is 4. The third kappa shape index (κ3) is 2.36. The van der Waals surface area contributed by atoms with Crippen molar-refractivity contribution in [2.24, 2.45) is 5.73 Å². The summed E-state index contributed by atoms with van der Waals surface area (Å²) in [5.74, 6) is 1.23. The highest BCUT2D eigenvalue weighted by atomic mass is 16.4. The van der Waals surface area contributed by atoms with Crippen LogP contribution in [0.25, 0.3) is 0 Å². The highest BCUT2D eigenvalue weighted by Crippen LogP contribution is 2.29. The first-order valence-electron chi connectivity index (χ1n) is 5.73. The molecule has 1 aromatic carbocycles. The van der Waals surface area contributed by atoms with E-state index in [-0.39, 0.29) is 5.41 Å². The number of nitrogens with two attached hydrogens (primary N) is 1. The monoisotopic (exact) mass is 231 g/mol. The summed E-state index contributed by atoms with van der Waals surface area (Å²) in [5.41, 5.74) is 6.34. The second-order valence-electron chi connectivity index (χ2n) is 4.53. The van der Waals surface area contributed by atoms with Crippen molar-refractivity contribution >= 4 is 0 Å². The number of rotatable bonds is 4. The maximum Gasteiger partial charge on any atom is 0.226 e. The van der Waals surface area contributed by atoms with Gasteiger partial charge in [-0.1, -0.05) is 30.3 Å². The van der Waals surface area contributed by atoms with E-state index in [0.29, 0.717) is 24.7 Å². The van der Waals surface area contributed by atoms with Crippen molar-refractivity contribution in [3.05, 3.63) is 47.7 Å². The molecule has 17 heavy (non-hydrogen) atoms. The SMILES string of the molecule is CC(C)(c1ccccc1)c1nnc(CCN)o1. The molecule has 4 nitrogen and oxygen atoms in total. The van der Waals surface area contributed by atoms with Crippen LogP contribution in [-0.4, -0.2) is 16.7 Å². The molecule has 4 heteroatoms. The van der Waals surface area contributed by atoms with Crippen LogP contribution >= 0.6 is 0 Å². The van der Waals surface area contributed by atoms with Crippen molar-refractivity contribution in [2.75, 3.05) is 6.54 Å².